The molecule has 0 aromatic heterocycles. The number of hydrogen-bond donors (Lipinski definition) is 6. The van der Waals surface area contributed by atoms with Gasteiger partial charge in [0.15, 0.2) is 29.3 Å². The minimum absolute atomic E-state index is 0.00824. The Morgan fingerprint density at radius 3 is 2.24 bits per heavy atom. The van der Waals surface area contributed by atoms with Gasteiger partial charge < -0.3 is 54.3 Å². The van der Waals surface area contributed by atoms with E-state index in [1.54, 1.807) is 30.3 Å². The highest BCUT2D eigenvalue weighted by molar-refractivity contribution is 5.43. The van der Waals surface area contributed by atoms with Gasteiger partial charge in [0.05, 0.1) is 40.1 Å². The predicted octanol–water partition coefficient (Wildman–Crippen LogP) is 0.478. The van der Waals surface area contributed by atoms with Crippen molar-refractivity contribution < 1.29 is 54.3 Å². The molecule has 0 bridgehead atoms. The Morgan fingerprint density at radius 2 is 1.57 bits per heavy atom. The van der Waals surface area contributed by atoms with Crippen LogP contribution >= 0.6 is 0 Å². The molecule has 0 radical (unpaired) electrons. The van der Waals surface area contributed by atoms with Gasteiger partial charge >= 0.3 is 0 Å². The van der Waals surface area contributed by atoms with E-state index in [1.165, 1.54) is 20.3 Å². The number of hydrogen-bond acceptors (Lipinski definition) is 11. The van der Waals surface area contributed by atoms with E-state index in [0.717, 1.165) is 11.1 Å². The van der Waals surface area contributed by atoms with Crippen LogP contribution in [0.2, 0.25) is 0 Å². The van der Waals surface area contributed by atoms with Crippen LogP contribution in [-0.2, 0) is 20.6 Å². The Kier molecular flexibility index (Phi) is 8.75. The fraction of sp³-hybridized carbons (Fsp3) is 0.538. The zero-order valence-corrected chi connectivity index (χ0v) is 20.6. The minimum atomic E-state index is -1.55. The molecule has 11 nitrogen and oxygen atoms in total. The lowest BCUT2D eigenvalue weighted by molar-refractivity contribution is -0.304. The van der Waals surface area contributed by atoms with E-state index >= 15 is 0 Å². The summed E-state index contributed by atoms with van der Waals surface area (Å²) in [6.45, 7) is -0.130. The van der Waals surface area contributed by atoms with Crippen LogP contribution in [0, 0.1) is 11.8 Å². The maximum absolute atomic E-state index is 10.4. The quantitative estimate of drug-likeness (QED) is 0.271. The van der Waals surface area contributed by atoms with Crippen molar-refractivity contribution in [3.05, 3.63) is 47.5 Å². The molecule has 0 aliphatic carbocycles. The lowest BCUT2D eigenvalue weighted by Gasteiger charge is -2.40. The average Bonchev–Trinajstić information content (AvgIpc) is 3.30. The van der Waals surface area contributed by atoms with Crippen LogP contribution in [-0.4, -0.2) is 95.4 Å². The molecule has 37 heavy (non-hydrogen) atoms. The molecule has 204 valence electrons. The third-order valence-electron chi connectivity index (χ3n) is 7.06. The Hall–Kier alpha value is -2.64. The summed E-state index contributed by atoms with van der Waals surface area (Å²) in [5.41, 5.74) is 1.66. The van der Waals surface area contributed by atoms with E-state index in [9.17, 15) is 30.6 Å². The van der Waals surface area contributed by atoms with Crippen molar-refractivity contribution in [2.24, 2.45) is 11.8 Å². The largest absolute Gasteiger partial charge is 0.504 e. The highest BCUT2D eigenvalue weighted by atomic mass is 16.7. The van der Waals surface area contributed by atoms with Gasteiger partial charge in [-0.15, -0.1) is 0 Å². The van der Waals surface area contributed by atoms with Gasteiger partial charge in [0, 0.05) is 5.92 Å². The van der Waals surface area contributed by atoms with Crippen molar-refractivity contribution in [1.82, 2.24) is 0 Å². The third kappa shape index (κ3) is 5.78. The highest BCUT2D eigenvalue weighted by Crippen LogP contribution is 2.43. The summed E-state index contributed by atoms with van der Waals surface area (Å²) < 4.78 is 28.1. The molecule has 11 heteroatoms. The number of aliphatic hydroxyl groups is 4. The molecule has 0 unspecified atom stereocenters. The molecule has 0 spiro atoms. The molecule has 4 rings (SSSR count). The summed E-state index contributed by atoms with van der Waals surface area (Å²) >= 11 is 0. The summed E-state index contributed by atoms with van der Waals surface area (Å²) in [7, 11) is 2.93. The Bertz CT molecular complexity index is 1050. The fourth-order valence-electron chi connectivity index (χ4n) is 4.93. The number of benzene rings is 2. The second-order valence-electron chi connectivity index (χ2n) is 9.35. The van der Waals surface area contributed by atoms with Crippen molar-refractivity contribution in [3.63, 3.8) is 0 Å². The Labute approximate surface area is 214 Å². The third-order valence-corrected chi connectivity index (χ3v) is 7.06. The van der Waals surface area contributed by atoms with Crippen LogP contribution in [0.5, 0.6) is 23.0 Å². The smallest absolute Gasteiger partial charge is 0.186 e. The first kappa shape index (κ1) is 27.4. The molecule has 2 fully saturated rings. The van der Waals surface area contributed by atoms with E-state index in [1.807, 2.05) is 0 Å². The molecule has 2 aliphatic heterocycles. The van der Waals surface area contributed by atoms with E-state index in [-0.39, 0.29) is 29.9 Å². The number of methoxy groups -OCH3 is 2. The number of aromatic hydroxyl groups is 2. The van der Waals surface area contributed by atoms with E-state index < -0.39 is 43.4 Å². The van der Waals surface area contributed by atoms with Crippen molar-refractivity contribution in [3.8, 4) is 23.0 Å². The fourth-order valence-corrected chi connectivity index (χ4v) is 4.93. The van der Waals surface area contributed by atoms with Gasteiger partial charge in [0.25, 0.3) is 0 Å². The minimum Gasteiger partial charge on any atom is -0.504 e. The predicted molar refractivity (Wildman–Crippen MR) is 128 cm³/mol. The molecule has 2 aromatic rings. The number of ether oxygens (including phenoxy) is 5. The van der Waals surface area contributed by atoms with Gasteiger partial charge in [-0.2, -0.15) is 0 Å². The van der Waals surface area contributed by atoms with Gasteiger partial charge in [-0.1, -0.05) is 12.1 Å². The van der Waals surface area contributed by atoms with Crippen molar-refractivity contribution in [1.29, 1.82) is 0 Å². The SMILES string of the molecule is COc1cc(C[C@@H]2CO[C@@H](c3ccc(O)c(OC)c3)[C@@H]2CO[C@@H]2O[C@@H](CO)[C@@H](O)[C@@H](O)[C@H]2O)ccc1O. The van der Waals surface area contributed by atoms with Crippen LogP contribution in [0.25, 0.3) is 0 Å². The lowest BCUT2D eigenvalue weighted by atomic mass is 9.84. The normalized spacial score (nSPS) is 31.8. The van der Waals surface area contributed by atoms with Crippen molar-refractivity contribution >= 4 is 0 Å². The zero-order valence-electron chi connectivity index (χ0n) is 20.6. The highest BCUT2D eigenvalue weighted by Gasteiger charge is 2.45. The summed E-state index contributed by atoms with van der Waals surface area (Å²) in [5, 5.41) is 60.0. The van der Waals surface area contributed by atoms with E-state index in [0.29, 0.717) is 24.5 Å². The molecule has 2 heterocycles. The molecular formula is C26H34O11. The first-order valence-electron chi connectivity index (χ1n) is 12.0. The monoisotopic (exact) mass is 522 g/mol. The molecule has 0 saturated carbocycles. The van der Waals surface area contributed by atoms with Gasteiger partial charge in [0.1, 0.15) is 24.4 Å². The van der Waals surface area contributed by atoms with Crippen LogP contribution in [0.3, 0.4) is 0 Å². The van der Waals surface area contributed by atoms with Crippen molar-refractivity contribution in [2.45, 2.75) is 43.2 Å². The first-order chi connectivity index (χ1) is 17.8. The van der Waals surface area contributed by atoms with Gasteiger partial charge in [0.2, 0.25) is 0 Å². The van der Waals surface area contributed by atoms with Crippen molar-refractivity contribution in [2.75, 3.05) is 34.0 Å². The van der Waals surface area contributed by atoms with Crippen LogP contribution < -0.4 is 9.47 Å². The lowest BCUT2D eigenvalue weighted by Crippen LogP contribution is -2.59. The number of rotatable bonds is 9. The molecular weight excluding hydrogens is 488 g/mol. The molecule has 2 aromatic carbocycles. The van der Waals surface area contributed by atoms with Crippen LogP contribution in [0.15, 0.2) is 36.4 Å². The molecule has 0 amide bonds. The zero-order chi connectivity index (χ0) is 26.7. The van der Waals surface area contributed by atoms with Crippen LogP contribution in [0.4, 0.5) is 0 Å². The molecule has 6 N–H and O–H groups in total. The second kappa shape index (κ2) is 11.8. The Balaban J connectivity index is 1.57. The standard InChI is InChI=1S/C26H34O11/c1-33-19-8-13(3-5-17(19)28)7-15-11-35-25(14-4-6-18(29)20(9-14)34-2)16(15)12-36-26-24(32)23(31)22(30)21(10-27)37-26/h3-6,8-9,15-16,21-32H,7,10-12H2,1-2H3/t15-,16-,21+,22-,23-,24-,25+,26-/m1/s1. The maximum atomic E-state index is 10.4. The number of aliphatic hydroxyl groups excluding tert-OH is 4. The first-order valence-corrected chi connectivity index (χ1v) is 12.0. The summed E-state index contributed by atoms with van der Waals surface area (Å²) in [6, 6.07) is 10.0. The summed E-state index contributed by atoms with van der Waals surface area (Å²) in [4.78, 5) is 0. The maximum Gasteiger partial charge on any atom is 0.186 e. The topological polar surface area (TPSA) is 168 Å². The van der Waals surface area contributed by atoms with Gasteiger partial charge in [-0.05, 0) is 47.7 Å². The summed E-state index contributed by atoms with van der Waals surface area (Å²) in [6.07, 6.45) is -6.81. The Morgan fingerprint density at radius 1 is 0.892 bits per heavy atom. The number of phenolic OH excluding ortho intramolecular Hbond substituents is 2. The molecule has 8 atom stereocenters. The summed E-state index contributed by atoms with van der Waals surface area (Å²) in [5.74, 6) is 0.341. The molecule has 2 aliphatic rings. The van der Waals surface area contributed by atoms with E-state index in [4.69, 9.17) is 23.7 Å². The van der Waals surface area contributed by atoms with Gasteiger partial charge in [-0.3, -0.25) is 0 Å². The molecule has 2 saturated heterocycles. The second-order valence-corrected chi connectivity index (χ2v) is 9.35. The van der Waals surface area contributed by atoms with Gasteiger partial charge in [-0.25, -0.2) is 0 Å². The average molecular weight is 523 g/mol. The number of phenols is 2. The van der Waals surface area contributed by atoms with Crippen LogP contribution in [0.1, 0.15) is 17.2 Å². The van der Waals surface area contributed by atoms with E-state index in [2.05, 4.69) is 0 Å².